The van der Waals surface area contributed by atoms with Crippen LogP contribution < -0.4 is 5.73 Å². The largest absolute Gasteiger partial charge is 0.366 e. The van der Waals surface area contributed by atoms with Gasteiger partial charge in [-0.3, -0.25) is 9.59 Å². The Labute approximate surface area is 139 Å². The van der Waals surface area contributed by atoms with E-state index >= 15 is 0 Å². The van der Waals surface area contributed by atoms with Crippen molar-refractivity contribution in [1.82, 2.24) is 25.1 Å². The molecule has 0 aliphatic carbocycles. The van der Waals surface area contributed by atoms with E-state index in [0.29, 0.717) is 22.9 Å². The number of nitrogens with zero attached hydrogens (tertiary/aromatic N) is 5. The lowest BCUT2D eigenvalue weighted by Crippen LogP contribution is -2.40. The summed E-state index contributed by atoms with van der Waals surface area (Å²) < 4.78 is 0. The Hall–Kier alpha value is -2.77. The average molecular weight is 328 g/mol. The smallest absolute Gasteiger partial charge is 0.248 e. The maximum absolute atomic E-state index is 12.3. The first-order valence-corrected chi connectivity index (χ1v) is 7.99. The summed E-state index contributed by atoms with van der Waals surface area (Å²) in [5.74, 6) is 0.606. The Balaban J connectivity index is 1.65. The highest BCUT2D eigenvalue weighted by Gasteiger charge is 2.21. The van der Waals surface area contributed by atoms with Crippen molar-refractivity contribution in [2.75, 3.05) is 13.1 Å². The van der Waals surface area contributed by atoms with E-state index in [0.717, 1.165) is 25.9 Å². The van der Waals surface area contributed by atoms with Gasteiger partial charge in [-0.2, -0.15) is 4.80 Å². The molecular weight excluding hydrogens is 308 g/mol. The molecule has 2 aromatic rings. The Morgan fingerprint density at radius 2 is 1.88 bits per heavy atom. The molecule has 0 saturated carbocycles. The molecule has 1 aromatic carbocycles. The van der Waals surface area contributed by atoms with Crippen LogP contribution >= 0.6 is 0 Å². The van der Waals surface area contributed by atoms with E-state index in [1.165, 1.54) is 4.80 Å². The van der Waals surface area contributed by atoms with Crippen molar-refractivity contribution in [3.8, 4) is 11.4 Å². The van der Waals surface area contributed by atoms with Crippen LogP contribution in [0, 0.1) is 5.92 Å². The fraction of sp³-hybridized carbons (Fsp3) is 0.438. The van der Waals surface area contributed by atoms with Gasteiger partial charge >= 0.3 is 0 Å². The highest BCUT2D eigenvalue weighted by molar-refractivity contribution is 5.93. The summed E-state index contributed by atoms with van der Waals surface area (Å²) in [6.07, 6.45) is 2.07. The molecule has 3 rings (SSSR count). The minimum Gasteiger partial charge on any atom is -0.366 e. The van der Waals surface area contributed by atoms with Crippen molar-refractivity contribution in [1.29, 1.82) is 0 Å². The van der Waals surface area contributed by atoms with Gasteiger partial charge in [0.15, 0.2) is 0 Å². The summed E-state index contributed by atoms with van der Waals surface area (Å²) in [6.45, 7) is 3.86. The molecular formula is C16H20N6O2. The number of aromatic nitrogens is 4. The van der Waals surface area contributed by atoms with Crippen LogP contribution in [-0.2, 0) is 11.3 Å². The highest BCUT2D eigenvalue weighted by Crippen LogP contribution is 2.17. The first-order chi connectivity index (χ1) is 11.5. The van der Waals surface area contributed by atoms with Gasteiger partial charge in [0.1, 0.15) is 6.54 Å². The molecule has 0 bridgehead atoms. The standard InChI is InChI=1S/C16H20N6O2/c1-11-6-8-21(9-7-11)14(23)10-22-19-16(18-20-22)13-4-2-12(3-5-13)15(17)24/h2-5,11H,6-10H2,1H3,(H2,17,24). The van der Waals surface area contributed by atoms with E-state index in [1.807, 2.05) is 4.90 Å². The Morgan fingerprint density at radius 3 is 2.50 bits per heavy atom. The third-order valence-electron chi connectivity index (χ3n) is 4.29. The fourth-order valence-electron chi connectivity index (χ4n) is 2.69. The molecule has 2 heterocycles. The minimum atomic E-state index is -0.486. The number of piperidine rings is 1. The van der Waals surface area contributed by atoms with E-state index in [9.17, 15) is 9.59 Å². The van der Waals surface area contributed by atoms with Gasteiger partial charge in [-0.05, 0) is 36.1 Å². The van der Waals surface area contributed by atoms with Crippen molar-refractivity contribution in [3.05, 3.63) is 29.8 Å². The molecule has 24 heavy (non-hydrogen) atoms. The Bertz CT molecular complexity index is 731. The van der Waals surface area contributed by atoms with E-state index in [-0.39, 0.29) is 12.5 Å². The Morgan fingerprint density at radius 1 is 1.21 bits per heavy atom. The van der Waals surface area contributed by atoms with Gasteiger partial charge in [0.25, 0.3) is 0 Å². The molecule has 8 heteroatoms. The topological polar surface area (TPSA) is 107 Å². The molecule has 8 nitrogen and oxygen atoms in total. The molecule has 1 fully saturated rings. The second-order valence-electron chi connectivity index (χ2n) is 6.15. The number of benzene rings is 1. The second-order valence-corrected chi connectivity index (χ2v) is 6.15. The lowest BCUT2D eigenvalue weighted by Gasteiger charge is -2.30. The molecule has 1 aromatic heterocycles. The number of hydrogen-bond acceptors (Lipinski definition) is 5. The molecule has 0 radical (unpaired) electrons. The Kier molecular flexibility index (Phi) is 4.54. The van der Waals surface area contributed by atoms with Crippen molar-refractivity contribution in [2.24, 2.45) is 11.7 Å². The molecule has 2 amide bonds. The molecule has 0 spiro atoms. The SMILES string of the molecule is CC1CCN(C(=O)Cn2nnc(-c3ccc(C(N)=O)cc3)n2)CC1. The molecule has 2 N–H and O–H groups in total. The highest BCUT2D eigenvalue weighted by atomic mass is 16.2. The van der Waals surface area contributed by atoms with Crippen LogP contribution in [0.4, 0.5) is 0 Å². The zero-order chi connectivity index (χ0) is 17.1. The monoisotopic (exact) mass is 328 g/mol. The van der Waals surface area contributed by atoms with E-state index in [1.54, 1.807) is 24.3 Å². The predicted octanol–water partition coefficient (Wildman–Crippen LogP) is 0.697. The lowest BCUT2D eigenvalue weighted by atomic mass is 9.99. The number of amides is 2. The molecule has 1 saturated heterocycles. The third-order valence-corrected chi connectivity index (χ3v) is 4.29. The minimum absolute atomic E-state index is 0.00919. The van der Waals surface area contributed by atoms with Gasteiger partial charge in [0.2, 0.25) is 17.6 Å². The van der Waals surface area contributed by atoms with Crippen LogP contribution in [0.1, 0.15) is 30.1 Å². The molecule has 126 valence electrons. The normalized spacial score (nSPS) is 15.5. The zero-order valence-corrected chi connectivity index (χ0v) is 13.6. The van der Waals surface area contributed by atoms with Gasteiger partial charge in [0, 0.05) is 24.2 Å². The lowest BCUT2D eigenvalue weighted by molar-refractivity contribution is -0.133. The summed E-state index contributed by atoms with van der Waals surface area (Å²) in [7, 11) is 0. The van der Waals surface area contributed by atoms with Crippen LogP contribution in [0.3, 0.4) is 0 Å². The van der Waals surface area contributed by atoms with Crippen molar-refractivity contribution >= 4 is 11.8 Å². The third kappa shape index (κ3) is 3.58. The van der Waals surface area contributed by atoms with Crippen LogP contribution in [0.25, 0.3) is 11.4 Å². The van der Waals surface area contributed by atoms with Gasteiger partial charge in [0.05, 0.1) is 0 Å². The molecule has 1 aliphatic heterocycles. The van der Waals surface area contributed by atoms with Gasteiger partial charge in [-0.1, -0.05) is 19.1 Å². The number of likely N-dealkylation sites (tertiary alicyclic amines) is 1. The number of primary amides is 1. The van der Waals surface area contributed by atoms with Crippen LogP contribution in [0.2, 0.25) is 0 Å². The van der Waals surface area contributed by atoms with Crippen LogP contribution in [0.15, 0.2) is 24.3 Å². The van der Waals surface area contributed by atoms with Crippen LogP contribution in [0.5, 0.6) is 0 Å². The number of nitrogens with two attached hydrogens (primary N) is 1. The zero-order valence-electron chi connectivity index (χ0n) is 13.6. The van der Waals surface area contributed by atoms with Crippen molar-refractivity contribution < 1.29 is 9.59 Å². The summed E-state index contributed by atoms with van der Waals surface area (Å²) in [5.41, 5.74) is 6.34. The number of tetrazole rings is 1. The van der Waals surface area contributed by atoms with E-state index in [2.05, 4.69) is 22.3 Å². The second kappa shape index (κ2) is 6.77. The van der Waals surface area contributed by atoms with Gasteiger partial charge in [-0.15, -0.1) is 10.2 Å². The quantitative estimate of drug-likeness (QED) is 0.889. The summed E-state index contributed by atoms with van der Waals surface area (Å²) >= 11 is 0. The number of carbonyl (C=O) groups excluding carboxylic acids is 2. The maximum atomic E-state index is 12.3. The van der Waals surface area contributed by atoms with Gasteiger partial charge < -0.3 is 10.6 Å². The first kappa shape index (κ1) is 16.1. The van der Waals surface area contributed by atoms with Crippen molar-refractivity contribution in [2.45, 2.75) is 26.3 Å². The number of hydrogen-bond donors (Lipinski definition) is 1. The number of rotatable bonds is 4. The number of carbonyl (C=O) groups is 2. The molecule has 0 unspecified atom stereocenters. The molecule has 0 atom stereocenters. The first-order valence-electron chi connectivity index (χ1n) is 7.99. The van der Waals surface area contributed by atoms with E-state index in [4.69, 9.17) is 5.73 Å². The predicted molar refractivity (Wildman–Crippen MR) is 86.7 cm³/mol. The van der Waals surface area contributed by atoms with Crippen LogP contribution in [-0.4, -0.2) is 50.0 Å². The maximum Gasteiger partial charge on any atom is 0.248 e. The van der Waals surface area contributed by atoms with Crippen molar-refractivity contribution in [3.63, 3.8) is 0 Å². The average Bonchev–Trinajstić information content (AvgIpc) is 3.04. The summed E-state index contributed by atoms with van der Waals surface area (Å²) in [4.78, 5) is 26.5. The van der Waals surface area contributed by atoms with Gasteiger partial charge in [-0.25, -0.2) is 0 Å². The van der Waals surface area contributed by atoms with E-state index < -0.39 is 5.91 Å². The summed E-state index contributed by atoms with van der Waals surface area (Å²) in [6, 6.07) is 6.63. The molecule has 1 aliphatic rings. The fourth-order valence-corrected chi connectivity index (χ4v) is 2.69. The summed E-state index contributed by atoms with van der Waals surface area (Å²) in [5, 5.41) is 12.1.